The van der Waals surface area contributed by atoms with E-state index in [1.807, 2.05) is 19.0 Å². The van der Waals surface area contributed by atoms with Gasteiger partial charge < -0.3 is 15.1 Å². The molecule has 3 rings (SSSR count). The third kappa shape index (κ3) is 2.07. The quantitative estimate of drug-likeness (QED) is 0.852. The van der Waals surface area contributed by atoms with Crippen LogP contribution in [-0.4, -0.2) is 54.3 Å². The van der Waals surface area contributed by atoms with Gasteiger partial charge in [-0.05, 0) is 38.7 Å². The Balaban J connectivity index is 2.01. The van der Waals surface area contributed by atoms with Crippen LogP contribution in [0.25, 0.3) is 0 Å². The molecule has 0 saturated carbocycles. The van der Waals surface area contributed by atoms with Crippen LogP contribution in [0.15, 0.2) is 18.2 Å². The van der Waals surface area contributed by atoms with Gasteiger partial charge in [-0.1, -0.05) is 11.6 Å². The molecule has 2 atom stereocenters. The second kappa shape index (κ2) is 4.75. The van der Waals surface area contributed by atoms with Gasteiger partial charge in [0.15, 0.2) is 0 Å². The molecule has 0 radical (unpaired) electrons. The van der Waals surface area contributed by atoms with Crippen LogP contribution in [0.2, 0.25) is 5.02 Å². The maximum atomic E-state index is 12.6. The van der Waals surface area contributed by atoms with Gasteiger partial charge in [-0.3, -0.25) is 9.59 Å². The number of halogens is 1. The predicted molar refractivity (Wildman–Crippen MR) is 77.0 cm³/mol. The number of nitrogens with zero attached hydrogens (tertiary/aromatic N) is 2. The van der Waals surface area contributed by atoms with Crippen LogP contribution in [0, 0.1) is 0 Å². The Morgan fingerprint density at radius 2 is 2.10 bits per heavy atom. The summed E-state index contributed by atoms with van der Waals surface area (Å²) in [6.07, 6.45) is 0.659. The third-order valence-electron chi connectivity index (χ3n) is 4.04. The lowest BCUT2D eigenvalue weighted by molar-refractivity contribution is -0.119. The number of hydrogen-bond donors (Lipinski definition) is 1. The number of nitrogens with one attached hydrogen (secondary N) is 1. The van der Waals surface area contributed by atoms with Gasteiger partial charge in [0.2, 0.25) is 5.91 Å². The van der Waals surface area contributed by atoms with Crippen LogP contribution >= 0.6 is 11.6 Å². The van der Waals surface area contributed by atoms with Crippen molar-refractivity contribution in [1.82, 2.24) is 9.80 Å². The molecule has 1 N–H and O–H groups in total. The van der Waals surface area contributed by atoms with Crippen molar-refractivity contribution in [3.63, 3.8) is 0 Å². The number of carbonyl (C=O) groups excluding carboxylic acids is 2. The van der Waals surface area contributed by atoms with Crippen molar-refractivity contribution in [2.75, 3.05) is 26.0 Å². The smallest absolute Gasteiger partial charge is 0.256 e. The van der Waals surface area contributed by atoms with Crippen LogP contribution in [0.4, 0.5) is 5.69 Å². The van der Waals surface area contributed by atoms with E-state index in [1.54, 1.807) is 23.1 Å². The Hall–Kier alpha value is -1.59. The molecule has 0 aromatic heterocycles. The van der Waals surface area contributed by atoms with Gasteiger partial charge in [0, 0.05) is 17.6 Å². The zero-order valence-corrected chi connectivity index (χ0v) is 12.1. The molecule has 106 valence electrons. The molecule has 2 aliphatic rings. The average molecular weight is 294 g/mol. The number of carbonyl (C=O) groups is 2. The standard InChI is InChI=1S/C14H16ClN3O2/c1-17(2)9-6-12-13(19)16-11-4-3-8(15)5-10(11)14(20)18(12)7-9/h3-5,9,12H,6-7H2,1-2H3,(H,16,19)/t9-,12+/m1/s1. The minimum absolute atomic E-state index is 0.122. The molecule has 1 fully saturated rings. The number of hydrogen-bond acceptors (Lipinski definition) is 3. The van der Waals surface area contributed by atoms with Crippen molar-refractivity contribution in [3.8, 4) is 0 Å². The summed E-state index contributed by atoms with van der Waals surface area (Å²) in [6, 6.07) is 4.77. The topological polar surface area (TPSA) is 52.7 Å². The third-order valence-corrected chi connectivity index (χ3v) is 4.28. The van der Waals surface area contributed by atoms with Crippen molar-refractivity contribution in [1.29, 1.82) is 0 Å². The molecule has 5 nitrogen and oxygen atoms in total. The van der Waals surface area contributed by atoms with Gasteiger partial charge in [0.05, 0.1) is 11.3 Å². The van der Waals surface area contributed by atoms with E-state index in [4.69, 9.17) is 11.6 Å². The maximum absolute atomic E-state index is 12.6. The first kappa shape index (κ1) is 13.4. The van der Waals surface area contributed by atoms with E-state index < -0.39 is 6.04 Å². The Kier molecular flexibility index (Phi) is 3.18. The summed E-state index contributed by atoms with van der Waals surface area (Å²) in [6.45, 7) is 0.565. The number of likely N-dealkylation sites (N-methyl/N-ethyl adjacent to an activating group) is 1. The van der Waals surface area contributed by atoms with Crippen LogP contribution in [-0.2, 0) is 4.79 Å². The first-order chi connectivity index (χ1) is 9.47. The fraction of sp³-hybridized carbons (Fsp3) is 0.429. The maximum Gasteiger partial charge on any atom is 0.256 e. The lowest BCUT2D eigenvalue weighted by atomic mass is 10.1. The Morgan fingerprint density at radius 3 is 2.80 bits per heavy atom. The van der Waals surface area contributed by atoms with Gasteiger partial charge in [0.25, 0.3) is 5.91 Å². The van der Waals surface area contributed by atoms with Gasteiger partial charge in [-0.15, -0.1) is 0 Å². The van der Waals surface area contributed by atoms with E-state index in [0.29, 0.717) is 29.2 Å². The molecule has 1 saturated heterocycles. The molecule has 2 aliphatic heterocycles. The predicted octanol–water partition coefficient (Wildman–Crippen LogP) is 1.44. The highest BCUT2D eigenvalue weighted by Gasteiger charge is 2.43. The normalized spacial score (nSPS) is 25.3. The molecular formula is C14H16ClN3O2. The Morgan fingerprint density at radius 1 is 1.35 bits per heavy atom. The molecular weight excluding hydrogens is 278 g/mol. The largest absolute Gasteiger partial charge is 0.325 e. The molecule has 0 aliphatic carbocycles. The summed E-state index contributed by atoms with van der Waals surface area (Å²) in [7, 11) is 3.92. The zero-order valence-electron chi connectivity index (χ0n) is 11.4. The van der Waals surface area contributed by atoms with E-state index >= 15 is 0 Å². The molecule has 20 heavy (non-hydrogen) atoms. The van der Waals surface area contributed by atoms with E-state index in [9.17, 15) is 9.59 Å². The minimum Gasteiger partial charge on any atom is -0.325 e. The molecule has 1 aromatic carbocycles. The number of fused-ring (bicyclic) bond motifs is 2. The number of benzene rings is 1. The highest BCUT2D eigenvalue weighted by atomic mass is 35.5. The van der Waals surface area contributed by atoms with E-state index in [0.717, 1.165) is 0 Å². The summed E-state index contributed by atoms with van der Waals surface area (Å²) >= 11 is 5.96. The summed E-state index contributed by atoms with van der Waals surface area (Å²) in [5, 5.41) is 3.33. The SMILES string of the molecule is CN(C)[C@@H]1C[C@H]2C(=O)Nc3ccc(Cl)cc3C(=O)N2C1. The lowest BCUT2D eigenvalue weighted by Gasteiger charge is -2.21. The zero-order chi connectivity index (χ0) is 14.4. The fourth-order valence-corrected chi connectivity index (χ4v) is 3.01. The summed E-state index contributed by atoms with van der Waals surface area (Å²) < 4.78 is 0. The van der Waals surface area contributed by atoms with Crippen LogP contribution < -0.4 is 5.32 Å². The molecule has 2 amide bonds. The van der Waals surface area contributed by atoms with Crippen molar-refractivity contribution < 1.29 is 9.59 Å². The van der Waals surface area contributed by atoms with Crippen molar-refractivity contribution in [2.45, 2.75) is 18.5 Å². The summed E-state index contributed by atoms with van der Waals surface area (Å²) in [5.41, 5.74) is 1.01. The second-order valence-corrected chi connectivity index (χ2v) is 5.94. The van der Waals surface area contributed by atoms with Crippen LogP contribution in [0.1, 0.15) is 16.8 Å². The van der Waals surface area contributed by atoms with Crippen LogP contribution in [0.5, 0.6) is 0 Å². The van der Waals surface area contributed by atoms with E-state index in [1.165, 1.54) is 0 Å². The molecule has 0 spiro atoms. The average Bonchev–Trinajstić information content (AvgIpc) is 2.81. The highest BCUT2D eigenvalue weighted by Crippen LogP contribution is 2.31. The molecule has 0 unspecified atom stereocenters. The Bertz CT molecular complexity index is 588. The van der Waals surface area contributed by atoms with Gasteiger partial charge in [0.1, 0.15) is 6.04 Å². The van der Waals surface area contributed by atoms with Crippen molar-refractivity contribution in [3.05, 3.63) is 28.8 Å². The summed E-state index contributed by atoms with van der Waals surface area (Å²) in [4.78, 5) is 28.6. The van der Waals surface area contributed by atoms with E-state index in [2.05, 4.69) is 5.32 Å². The molecule has 6 heteroatoms. The van der Waals surface area contributed by atoms with Crippen molar-refractivity contribution >= 4 is 29.1 Å². The fourth-order valence-electron chi connectivity index (χ4n) is 2.83. The monoisotopic (exact) mass is 293 g/mol. The second-order valence-electron chi connectivity index (χ2n) is 5.51. The molecule has 1 aromatic rings. The van der Waals surface area contributed by atoms with Crippen molar-refractivity contribution in [2.24, 2.45) is 0 Å². The first-order valence-electron chi connectivity index (χ1n) is 6.55. The van der Waals surface area contributed by atoms with Crippen LogP contribution in [0.3, 0.4) is 0 Å². The van der Waals surface area contributed by atoms with Gasteiger partial charge in [-0.2, -0.15) is 0 Å². The number of amides is 2. The summed E-state index contributed by atoms with van der Waals surface area (Å²) in [5.74, 6) is -0.251. The highest BCUT2D eigenvalue weighted by molar-refractivity contribution is 6.31. The Labute approximate surface area is 122 Å². The van der Waals surface area contributed by atoms with Gasteiger partial charge in [-0.25, -0.2) is 0 Å². The first-order valence-corrected chi connectivity index (χ1v) is 6.93. The molecule has 0 bridgehead atoms. The molecule has 2 heterocycles. The van der Waals surface area contributed by atoms with Gasteiger partial charge >= 0.3 is 0 Å². The van der Waals surface area contributed by atoms with E-state index in [-0.39, 0.29) is 17.9 Å². The number of rotatable bonds is 1. The minimum atomic E-state index is -0.402. The lowest BCUT2D eigenvalue weighted by Crippen LogP contribution is -2.40. The number of anilines is 1.